The Bertz CT molecular complexity index is 839. The Balaban J connectivity index is 1.82. The van der Waals surface area contributed by atoms with Gasteiger partial charge in [0.15, 0.2) is 0 Å². The van der Waals surface area contributed by atoms with Crippen LogP contribution in [0.2, 0.25) is 0 Å². The minimum absolute atomic E-state index is 0.313. The van der Waals surface area contributed by atoms with Crippen molar-refractivity contribution in [3.8, 4) is 0 Å². The van der Waals surface area contributed by atoms with Crippen LogP contribution in [0.4, 0.5) is 4.79 Å². The second-order valence-electron chi connectivity index (χ2n) is 6.34. The molecule has 4 nitrogen and oxygen atoms in total. The highest BCUT2D eigenvalue weighted by atomic mass is 16.2. The molecular weight excluding hydrogens is 336 g/mol. The van der Waals surface area contributed by atoms with Gasteiger partial charge in [0, 0.05) is 25.7 Å². The van der Waals surface area contributed by atoms with Crippen molar-refractivity contribution < 1.29 is 9.59 Å². The van der Waals surface area contributed by atoms with Gasteiger partial charge in [0.2, 0.25) is 0 Å². The summed E-state index contributed by atoms with van der Waals surface area (Å²) in [6.07, 6.45) is 0. The van der Waals surface area contributed by atoms with Crippen LogP contribution in [0.5, 0.6) is 0 Å². The van der Waals surface area contributed by atoms with Crippen LogP contribution in [-0.4, -0.2) is 28.8 Å². The van der Waals surface area contributed by atoms with Crippen molar-refractivity contribution in [3.05, 3.63) is 108 Å². The molecule has 0 spiro atoms. The van der Waals surface area contributed by atoms with Crippen molar-refractivity contribution in [2.24, 2.45) is 0 Å². The maximum Gasteiger partial charge on any atom is 0.327 e. The van der Waals surface area contributed by atoms with Gasteiger partial charge < -0.3 is 4.90 Å². The van der Waals surface area contributed by atoms with Gasteiger partial charge in [0.25, 0.3) is 5.91 Å². The molecule has 4 heteroatoms. The van der Waals surface area contributed by atoms with Gasteiger partial charge in [-0.2, -0.15) is 0 Å². The number of benzene rings is 3. The summed E-state index contributed by atoms with van der Waals surface area (Å²) in [7, 11) is 1.53. The highest BCUT2D eigenvalue weighted by molar-refractivity contribution is 6.03. The van der Waals surface area contributed by atoms with E-state index in [1.165, 1.54) is 11.9 Å². The number of hydrogen-bond acceptors (Lipinski definition) is 2. The van der Waals surface area contributed by atoms with Gasteiger partial charge in [-0.05, 0) is 23.3 Å². The molecule has 0 aromatic heterocycles. The predicted octanol–water partition coefficient (Wildman–Crippen LogP) is 4.58. The molecule has 3 aromatic carbocycles. The Morgan fingerprint density at radius 3 is 1.52 bits per heavy atom. The second-order valence-corrected chi connectivity index (χ2v) is 6.34. The van der Waals surface area contributed by atoms with Crippen LogP contribution in [0, 0.1) is 0 Å². The smallest absolute Gasteiger partial charge is 0.316 e. The third kappa shape index (κ3) is 4.82. The highest BCUT2D eigenvalue weighted by Crippen LogP contribution is 2.14. The van der Waals surface area contributed by atoms with Gasteiger partial charge >= 0.3 is 6.03 Å². The number of nitrogens with zero attached hydrogens (tertiary/aromatic N) is 2. The summed E-state index contributed by atoms with van der Waals surface area (Å²) in [5.74, 6) is -0.313. The van der Waals surface area contributed by atoms with E-state index < -0.39 is 0 Å². The first-order valence-electron chi connectivity index (χ1n) is 8.85. The number of rotatable bonds is 5. The molecule has 0 aliphatic rings. The van der Waals surface area contributed by atoms with Crippen LogP contribution < -0.4 is 0 Å². The lowest BCUT2D eigenvalue weighted by Gasteiger charge is -2.27. The van der Waals surface area contributed by atoms with Crippen molar-refractivity contribution in [1.29, 1.82) is 0 Å². The second kappa shape index (κ2) is 8.81. The number of carbonyl (C=O) groups is 2. The first kappa shape index (κ1) is 18.4. The van der Waals surface area contributed by atoms with Gasteiger partial charge in [0.05, 0.1) is 0 Å². The monoisotopic (exact) mass is 358 g/mol. The molecule has 0 unspecified atom stereocenters. The highest BCUT2D eigenvalue weighted by Gasteiger charge is 2.24. The number of carbonyl (C=O) groups excluding carboxylic acids is 2. The Morgan fingerprint density at radius 2 is 1.07 bits per heavy atom. The minimum atomic E-state index is -0.323. The van der Waals surface area contributed by atoms with Crippen LogP contribution in [0.15, 0.2) is 91.0 Å². The normalized spacial score (nSPS) is 10.3. The molecule has 0 aliphatic heterocycles. The lowest BCUT2D eigenvalue weighted by atomic mass is 10.1. The van der Waals surface area contributed by atoms with Crippen molar-refractivity contribution in [1.82, 2.24) is 9.80 Å². The summed E-state index contributed by atoms with van der Waals surface area (Å²) in [6, 6.07) is 28.1. The van der Waals surface area contributed by atoms with Crippen LogP contribution in [-0.2, 0) is 13.1 Å². The average molecular weight is 358 g/mol. The zero-order chi connectivity index (χ0) is 19.1. The molecule has 0 bridgehead atoms. The van der Waals surface area contributed by atoms with Gasteiger partial charge in [-0.15, -0.1) is 0 Å². The molecule has 0 saturated carbocycles. The molecule has 0 fully saturated rings. The van der Waals surface area contributed by atoms with Crippen molar-refractivity contribution >= 4 is 11.9 Å². The summed E-state index contributed by atoms with van der Waals surface area (Å²) in [5, 5.41) is 0. The fraction of sp³-hybridized carbons (Fsp3) is 0.130. The first-order valence-corrected chi connectivity index (χ1v) is 8.85. The fourth-order valence-electron chi connectivity index (χ4n) is 2.87. The molecule has 3 rings (SSSR count). The first-order chi connectivity index (χ1) is 13.1. The Labute approximate surface area is 159 Å². The van der Waals surface area contributed by atoms with Gasteiger partial charge in [-0.1, -0.05) is 78.9 Å². The standard InChI is InChI=1S/C23H22N2O2/c1-24(22(26)21-15-9-4-10-16-21)23(27)25(17-19-11-5-2-6-12-19)18-20-13-7-3-8-14-20/h2-16H,17-18H2,1H3. The van der Waals surface area contributed by atoms with E-state index in [4.69, 9.17) is 0 Å². The number of urea groups is 1. The molecule has 0 atom stereocenters. The van der Waals surface area contributed by atoms with E-state index in [9.17, 15) is 9.59 Å². The number of amides is 3. The van der Waals surface area contributed by atoms with E-state index in [0.717, 1.165) is 11.1 Å². The lowest BCUT2D eigenvalue weighted by Crippen LogP contribution is -2.43. The minimum Gasteiger partial charge on any atom is -0.316 e. The Hall–Kier alpha value is -3.40. The van der Waals surface area contributed by atoms with Crippen LogP contribution in [0.25, 0.3) is 0 Å². The summed E-state index contributed by atoms with van der Waals surface area (Å²) in [5.41, 5.74) is 2.53. The molecule has 3 aromatic rings. The van der Waals surface area contributed by atoms with Crippen molar-refractivity contribution in [3.63, 3.8) is 0 Å². The molecule has 27 heavy (non-hydrogen) atoms. The Kier molecular flexibility index (Phi) is 6.00. The molecule has 3 amide bonds. The molecule has 136 valence electrons. The van der Waals surface area contributed by atoms with Crippen molar-refractivity contribution in [2.75, 3.05) is 7.05 Å². The van der Waals surface area contributed by atoms with Gasteiger partial charge in [-0.3, -0.25) is 9.69 Å². The van der Waals surface area contributed by atoms with Gasteiger partial charge in [-0.25, -0.2) is 4.79 Å². The largest absolute Gasteiger partial charge is 0.327 e. The van der Waals surface area contributed by atoms with E-state index in [0.29, 0.717) is 18.7 Å². The van der Waals surface area contributed by atoms with E-state index in [1.54, 1.807) is 29.2 Å². The summed E-state index contributed by atoms with van der Waals surface area (Å²) < 4.78 is 0. The topological polar surface area (TPSA) is 40.6 Å². The molecule has 0 heterocycles. The Morgan fingerprint density at radius 1 is 0.667 bits per heavy atom. The van der Waals surface area contributed by atoms with Gasteiger partial charge in [0.1, 0.15) is 0 Å². The quantitative estimate of drug-likeness (QED) is 0.670. The number of hydrogen-bond donors (Lipinski definition) is 0. The third-order valence-corrected chi connectivity index (χ3v) is 4.32. The predicted molar refractivity (Wildman–Crippen MR) is 106 cm³/mol. The molecule has 0 radical (unpaired) electrons. The SMILES string of the molecule is CN(C(=O)c1ccccc1)C(=O)N(Cc1ccccc1)Cc1ccccc1. The average Bonchev–Trinajstić information content (AvgIpc) is 2.74. The van der Waals surface area contributed by atoms with Crippen LogP contribution in [0.3, 0.4) is 0 Å². The van der Waals surface area contributed by atoms with E-state index >= 15 is 0 Å². The lowest BCUT2D eigenvalue weighted by molar-refractivity contribution is 0.0788. The fourth-order valence-corrected chi connectivity index (χ4v) is 2.87. The third-order valence-electron chi connectivity index (χ3n) is 4.32. The number of imide groups is 1. The maximum absolute atomic E-state index is 13.1. The zero-order valence-corrected chi connectivity index (χ0v) is 15.3. The summed E-state index contributed by atoms with van der Waals surface area (Å²) in [4.78, 5) is 28.6. The van der Waals surface area contributed by atoms with Crippen molar-refractivity contribution in [2.45, 2.75) is 13.1 Å². The summed E-state index contributed by atoms with van der Waals surface area (Å²) in [6.45, 7) is 0.863. The molecular formula is C23H22N2O2. The van der Waals surface area contributed by atoms with E-state index in [2.05, 4.69) is 0 Å². The molecule has 0 N–H and O–H groups in total. The van der Waals surface area contributed by atoms with E-state index in [-0.39, 0.29) is 11.9 Å². The summed E-state index contributed by atoms with van der Waals surface area (Å²) >= 11 is 0. The van der Waals surface area contributed by atoms with Crippen LogP contribution >= 0.6 is 0 Å². The maximum atomic E-state index is 13.1. The molecule has 0 aliphatic carbocycles. The zero-order valence-electron chi connectivity index (χ0n) is 15.3. The van der Waals surface area contributed by atoms with E-state index in [1.807, 2.05) is 66.7 Å². The molecule has 0 saturated heterocycles. The van der Waals surface area contributed by atoms with Crippen LogP contribution in [0.1, 0.15) is 21.5 Å².